The van der Waals surface area contributed by atoms with Gasteiger partial charge in [0.1, 0.15) is 5.82 Å². The lowest BCUT2D eigenvalue weighted by Crippen LogP contribution is -2.18. The molecule has 0 aliphatic heterocycles. The molecule has 2 aromatic rings. The van der Waals surface area contributed by atoms with Gasteiger partial charge in [0.15, 0.2) is 0 Å². The summed E-state index contributed by atoms with van der Waals surface area (Å²) in [5.74, 6) is -0.197. The van der Waals surface area contributed by atoms with Crippen LogP contribution in [0.5, 0.6) is 0 Å². The van der Waals surface area contributed by atoms with Crippen LogP contribution in [-0.2, 0) is 6.42 Å². The Morgan fingerprint density at radius 2 is 2.35 bits per heavy atom. The largest absolute Gasteiger partial charge is 0.312 e. The van der Waals surface area contributed by atoms with Crippen LogP contribution >= 0.6 is 27.5 Å². The van der Waals surface area contributed by atoms with Crippen LogP contribution in [0.1, 0.15) is 16.5 Å². The van der Waals surface area contributed by atoms with Crippen molar-refractivity contribution in [2.24, 2.45) is 0 Å². The van der Waals surface area contributed by atoms with Crippen LogP contribution in [0.2, 0.25) is 0 Å². The third-order valence-electron chi connectivity index (χ3n) is 2.51. The van der Waals surface area contributed by atoms with Crippen LogP contribution in [0.4, 0.5) is 4.39 Å². The average Bonchev–Trinajstić information content (AvgIpc) is 2.81. The minimum atomic E-state index is -0.197. The molecule has 0 saturated carbocycles. The number of hydrogen-bond acceptors (Lipinski definition) is 4. The van der Waals surface area contributed by atoms with Crippen molar-refractivity contribution in [3.8, 4) is 0 Å². The molecule has 0 fully saturated rings. The summed E-state index contributed by atoms with van der Waals surface area (Å²) in [6, 6.07) is 5.16. The van der Waals surface area contributed by atoms with Crippen molar-refractivity contribution in [2.45, 2.75) is 12.5 Å². The predicted octanol–water partition coefficient (Wildman–Crippen LogP) is 2.94. The van der Waals surface area contributed by atoms with Gasteiger partial charge >= 0.3 is 0 Å². The zero-order valence-corrected chi connectivity index (χ0v) is 11.6. The topological polar surface area (TPSA) is 37.8 Å². The lowest BCUT2D eigenvalue weighted by atomic mass is 10.0. The molecule has 0 aliphatic rings. The Labute approximate surface area is 111 Å². The molecule has 0 aliphatic carbocycles. The van der Waals surface area contributed by atoms with Gasteiger partial charge in [-0.15, -0.1) is 5.10 Å². The van der Waals surface area contributed by atoms with Gasteiger partial charge < -0.3 is 5.32 Å². The maximum atomic E-state index is 13.7. The summed E-state index contributed by atoms with van der Waals surface area (Å²) in [4.78, 5) is 1.01. The summed E-state index contributed by atoms with van der Waals surface area (Å²) in [5, 5.41) is 6.94. The van der Waals surface area contributed by atoms with Gasteiger partial charge in [-0.25, -0.2) is 4.39 Å². The Balaban J connectivity index is 2.19. The predicted molar refractivity (Wildman–Crippen MR) is 69.5 cm³/mol. The number of halogens is 2. The fourth-order valence-electron chi connectivity index (χ4n) is 1.58. The van der Waals surface area contributed by atoms with Gasteiger partial charge in [0, 0.05) is 10.5 Å². The van der Waals surface area contributed by atoms with E-state index < -0.39 is 0 Å². The molecule has 17 heavy (non-hydrogen) atoms. The van der Waals surface area contributed by atoms with E-state index in [1.165, 1.54) is 17.6 Å². The van der Waals surface area contributed by atoms with E-state index in [9.17, 15) is 4.39 Å². The van der Waals surface area contributed by atoms with Crippen LogP contribution in [-0.4, -0.2) is 16.6 Å². The highest BCUT2D eigenvalue weighted by atomic mass is 79.9. The van der Waals surface area contributed by atoms with Gasteiger partial charge in [-0.2, -0.15) is 0 Å². The quantitative estimate of drug-likeness (QED) is 0.942. The number of nitrogens with one attached hydrogen (secondary N) is 1. The molecular formula is C11H11BrFN3S. The zero-order valence-electron chi connectivity index (χ0n) is 9.15. The van der Waals surface area contributed by atoms with Gasteiger partial charge in [0.2, 0.25) is 0 Å². The van der Waals surface area contributed by atoms with E-state index in [4.69, 9.17) is 0 Å². The Hall–Kier alpha value is -0.850. The Morgan fingerprint density at radius 3 is 2.94 bits per heavy atom. The first-order valence-electron chi connectivity index (χ1n) is 5.09. The second-order valence-electron chi connectivity index (χ2n) is 3.60. The van der Waals surface area contributed by atoms with Crippen LogP contribution in [0.25, 0.3) is 0 Å². The van der Waals surface area contributed by atoms with Gasteiger partial charge in [0.05, 0.1) is 11.1 Å². The lowest BCUT2D eigenvalue weighted by molar-refractivity contribution is 0.559. The monoisotopic (exact) mass is 315 g/mol. The standard InChI is InChI=1S/C11H11BrFN3S/c1-14-10(11-6-15-16-17-11)4-7-2-3-8(12)5-9(7)13/h2-3,5-6,10,14H,4H2,1H3. The number of benzene rings is 1. The molecule has 0 amide bonds. The first-order chi connectivity index (χ1) is 8.20. The van der Waals surface area contributed by atoms with Crippen molar-refractivity contribution in [1.82, 2.24) is 14.9 Å². The zero-order chi connectivity index (χ0) is 12.3. The third kappa shape index (κ3) is 3.08. The second-order valence-corrected chi connectivity index (χ2v) is 5.33. The van der Waals surface area contributed by atoms with Crippen LogP contribution < -0.4 is 5.32 Å². The van der Waals surface area contributed by atoms with Crippen molar-refractivity contribution >= 4 is 27.5 Å². The van der Waals surface area contributed by atoms with E-state index in [1.807, 2.05) is 13.1 Å². The molecule has 1 aromatic carbocycles. The van der Waals surface area contributed by atoms with E-state index in [2.05, 4.69) is 30.8 Å². The molecule has 1 atom stereocenters. The third-order valence-corrected chi connectivity index (χ3v) is 3.78. The minimum Gasteiger partial charge on any atom is -0.312 e. The lowest BCUT2D eigenvalue weighted by Gasteiger charge is -2.14. The number of rotatable bonds is 4. The summed E-state index contributed by atoms with van der Waals surface area (Å²) in [7, 11) is 1.85. The summed E-state index contributed by atoms with van der Waals surface area (Å²) in [6.45, 7) is 0. The van der Waals surface area contributed by atoms with Gasteiger partial charge in [-0.05, 0) is 42.7 Å². The van der Waals surface area contributed by atoms with Crippen molar-refractivity contribution in [3.63, 3.8) is 0 Å². The smallest absolute Gasteiger partial charge is 0.127 e. The molecule has 0 bridgehead atoms. The fraction of sp³-hybridized carbons (Fsp3) is 0.273. The van der Waals surface area contributed by atoms with E-state index >= 15 is 0 Å². The van der Waals surface area contributed by atoms with Crippen molar-refractivity contribution < 1.29 is 4.39 Å². The Bertz CT molecular complexity index is 489. The van der Waals surface area contributed by atoms with Crippen molar-refractivity contribution in [3.05, 3.63) is 45.1 Å². The number of aromatic nitrogens is 2. The Kier molecular flexibility index (Phi) is 4.20. The molecular weight excluding hydrogens is 305 g/mol. The summed E-state index contributed by atoms with van der Waals surface area (Å²) in [6.07, 6.45) is 2.29. The highest BCUT2D eigenvalue weighted by molar-refractivity contribution is 9.10. The molecule has 6 heteroatoms. The van der Waals surface area contributed by atoms with Gasteiger partial charge in [-0.1, -0.05) is 26.5 Å². The first-order valence-corrected chi connectivity index (χ1v) is 6.66. The number of likely N-dealkylation sites (N-methyl/N-ethyl adjacent to an activating group) is 1. The Morgan fingerprint density at radius 1 is 1.53 bits per heavy atom. The number of nitrogens with zero attached hydrogens (tertiary/aromatic N) is 2. The molecule has 3 nitrogen and oxygen atoms in total. The van der Waals surface area contributed by atoms with Gasteiger partial charge in [-0.3, -0.25) is 0 Å². The maximum Gasteiger partial charge on any atom is 0.127 e. The molecule has 2 rings (SSSR count). The summed E-state index contributed by atoms with van der Waals surface area (Å²) >= 11 is 4.57. The molecule has 1 unspecified atom stereocenters. The maximum absolute atomic E-state index is 13.7. The van der Waals surface area contributed by atoms with Crippen molar-refractivity contribution in [1.29, 1.82) is 0 Å². The summed E-state index contributed by atoms with van der Waals surface area (Å²) in [5.41, 5.74) is 0.681. The summed E-state index contributed by atoms with van der Waals surface area (Å²) < 4.78 is 18.3. The van der Waals surface area contributed by atoms with E-state index in [-0.39, 0.29) is 11.9 Å². The van der Waals surface area contributed by atoms with E-state index in [0.29, 0.717) is 12.0 Å². The molecule has 90 valence electrons. The molecule has 0 saturated heterocycles. The van der Waals surface area contributed by atoms with Crippen molar-refractivity contribution in [2.75, 3.05) is 7.05 Å². The second kappa shape index (κ2) is 5.66. The molecule has 1 heterocycles. The van der Waals surface area contributed by atoms with Crippen LogP contribution in [0, 0.1) is 5.82 Å². The highest BCUT2D eigenvalue weighted by Gasteiger charge is 2.14. The van der Waals surface area contributed by atoms with Gasteiger partial charge in [0.25, 0.3) is 0 Å². The first kappa shape index (κ1) is 12.6. The molecule has 1 N–H and O–H groups in total. The number of hydrogen-bond donors (Lipinski definition) is 1. The molecule has 0 radical (unpaired) electrons. The van der Waals surface area contributed by atoms with E-state index in [0.717, 1.165) is 9.35 Å². The van der Waals surface area contributed by atoms with E-state index in [1.54, 1.807) is 12.3 Å². The highest BCUT2D eigenvalue weighted by Crippen LogP contribution is 2.23. The fourth-order valence-corrected chi connectivity index (χ4v) is 2.52. The molecule has 0 spiro atoms. The normalized spacial score (nSPS) is 12.6. The molecule has 1 aromatic heterocycles. The SMILES string of the molecule is CNC(Cc1ccc(Br)cc1F)c1cnns1. The minimum absolute atomic E-state index is 0.0469. The average molecular weight is 316 g/mol. The van der Waals surface area contributed by atoms with Crippen LogP contribution in [0.3, 0.4) is 0 Å². The van der Waals surface area contributed by atoms with Crippen LogP contribution in [0.15, 0.2) is 28.9 Å².